The molecule has 0 unspecified atom stereocenters. The summed E-state index contributed by atoms with van der Waals surface area (Å²) in [6, 6.07) is 12.2. The van der Waals surface area contributed by atoms with E-state index >= 15 is 0 Å². The molecule has 2 aromatic rings. The van der Waals surface area contributed by atoms with Crippen LogP contribution in [0.25, 0.3) is 0 Å². The zero-order valence-corrected chi connectivity index (χ0v) is 10.5. The molecular formula is C16H15FO. The average Bonchev–Trinajstić information content (AvgIpc) is 2.41. The highest BCUT2D eigenvalue weighted by atomic mass is 19.1. The number of carbonyl (C=O) groups excluding carboxylic acids is 1. The van der Waals surface area contributed by atoms with Crippen molar-refractivity contribution in [3.63, 3.8) is 0 Å². The van der Waals surface area contributed by atoms with E-state index in [1.165, 1.54) is 6.07 Å². The molecule has 0 atom stereocenters. The zero-order chi connectivity index (χ0) is 13.1. The number of carbonyl (C=O) groups is 1. The second kappa shape index (κ2) is 5.13. The van der Waals surface area contributed by atoms with E-state index in [1.807, 2.05) is 25.1 Å². The fourth-order valence-electron chi connectivity index (χ4n) is 1.91. The molecule has 18 heavy (non-hydrogen) atoms. The predicted octanol–water partition coefficient (Wildman–Crippen LogP) is 3.93. The van der Waals surface area contributed by atoms with E-state index in [0.717, 1.165) is 12.0 Å². The summed E-state index contributed by atoms with van der Waals surface area (Å²) in [5, 5.41) is 0. The van der Waals surface area contributed by atoms with Crippen LogP contribution in [0.5, 0.6) is 0 Å². The van der Waals surface area contributed by atoms with Gasteiger partial charge in [-0.25, -0.2) is 4.39 Å². The van der Waals surface area contributed by atoms with Gasteiger partial charge in [-0.1, -0.05) is 37.3 Å². The van der Waals surface area contributed by atoms with Crippen LogP contribution in [-0.2, 0) is 6.42 Å². The Morgan fingerprint density at radius 2 is 1.89 bits per heavy atom. The normalized spacial score (nSPS) is 10.4. The Labute approximate surface area is 106 Å². The van der Waals surface area contributed by atoms with Crippen LogP contribution in [0.1, 0.15) is 34.0 Å². The lowest BCUT2D eigenvalue weighted by atomic mass is 9.99. The Kier molecular flexibility index (Phi) is 3.56. The Hall–Kier alpha value is -1.96. The molecule has 0 heterocycles. The van der Waals surface area contributed by atoms with E-state index in [9.17, 15) is 9.18 Å². The number of benzene rings is 2. The zero-order valence-electron chi connectivity index (χ0n) is 10.5. The first-order valence-electron chi connectivity index (χ1n) is 6.02. The maximum Gasteiger partial charge on any atom is 0.195 e. The highest BCUT2D eigenvalue weighted by molar-refractivity contribution is 6.09. The van der Waals surface area contributed by atoms with E-state index in [1.54, 1.807) is 25.1 Å². The molecule has 0 spiro atoms. The Balaban J connectivity index is 2.44. The van der Waals surface area contributed by atoms with Crippen molar-refractivity contribution in [2.45, 2.75) is 20.3 Å². The molecule has 2 aromatic carbocycles. The maximum absolute atomic E-state index is 13.9. The van der Waals surface area contributed by atoms with Gasteiger partial charge in [-0.2, -0.15) is 0 Å². The van der Waals surface area contributed by atoms with Crippen LogP contribution >= 0.6 is 0 Å². The maximum atomic E-state index is 13.9. The van der Waals surface area contributed by atoms with Crippen molar-refractivity contribution in [3.05, 3.63) is 70.5 Å². The van der Waals surface area contributed by atoms with Gasteiger partial charge in [-0.15, -0.1) is 0 Å². The van der Waals surface area contributed by atoms with E-state index < -0.39 is 5.82 Å². The first kappa shape index (κ1) is 12.5. The summed E-state index contributed by atoms with van der Waals surface area (Å²) in [5.74, 6) is -0.684. The molecule has 0 fully saturated rings. The first-order valence-corrected chi connectivity index (χ1v) is 6.02. The summed E-state index contributed by atoms with van der Waals surface area (Å²) in [7, 11) is 0. The van der Waals surface area contributed by atoms with Gasteiger partial charge in [0.25, 0.3) is 0 Å². The first-order chi connectivity index (χ1) is 8.63. The quantitative estimate of drug-likeness (QED) is 0.745. The van der Waals surface area contributed by atoms with Crippen molar-refractivity contribution < 1.29 is 9.18 Å². The number of ketones is 1. The van der Waals surface area contributed by atoms with Gasteiger partial charge < -0.3 is 0 Å². The van der Waals surface area contributed by atoms with E-state index in [4.69, 9.17) is 0 Å². The molecule has 0 amide bonds. The molecule has 2 heteroatoms. The molecule has 0 saturated carbocycles. The van der Waals surface area contributed by atoms with Crippen LogP contribution in [-0.4, -0.2) is 5.78 Å². The minimum absolute atomic E-state index is 0.142. The number of aryl methyl sites for hydroxylation is 2. The van der Waals surface area contributed by atoms with Crippen molar-refractivity contribution in [2.24, 2.45) is 0 Å². The fraction of sp³-hybridized carbons (Fsp3) is 0.188. The van der Waals surface area contributed by atoms with Crippen molar-refractivity contribution in [1.29, 1.82) is 0 Å². The average molecular weight is 242 g/mol. The van der Waals surface area contributed by atoms with Crippen LogP contribution in [0, 0.1) is 12.7 Å². The molecule has 92 valence electrons. The lowest BCUT2D eigenvalue weighted by molar-refractivity contribution is 0.103. The van der Waals surface area contributed by atoms with Crippen LogP contribution in [0.4, 0.5) is 4.39 Å². The fourth-order valence-corrected chi connectivity index (χ4v) is 1.91. The van der Waals surface area contributed by atoms with E-state index in [2.05, 4.69) is 0 Å². The molecule has 0 radical (unpaired) electrons. The topological polar surface area (TPSA) is 17.1 Å². The van der Waals surface area contributed by atoms with Gasteiger partial charge in [0.15, 0.2) is 5.78 Å². The molecule has 0 aliphatic carbocycles. The summed E-state index contributed by atoms with van der Waals surface area (Å²) in [6.07, 6.45) is 0.859. The van der Waals surface area contributed by atoms with Gasteiger partial charge in [0.2, 0.25) is 0 Å². The number of hydrogen-bond donors (Lipinski definition) is 0. The third-order valence-corrected chi connectivity index (χ3v) is 3.03. The Morgan fingerprint density at radius 3 is 2.61 bits per heavy atom. The largest absolute Gasteiger partial charge is 0.288 e. The van der Waals surface area contributed by atoms with Crippen LogP contribution in [0.2, 0.25) is 0 Å². The number of rotatable bonds is 3. The minimum Gasteiger partial charge on any atom is -0.288 e. The minimum atomic E-state index is -0.426. The third-order valence-electron chi connectivity index (χ3n) is 3.03. The standard InChI is InChI=1S/C16H15FO/c1-3-12-7-5-8-13(10-12)16(18)14-9-4-6-11(2)15(14)17/h4-10H,3H2,1-2H3. The molecular weight excluding hydrogens is 227 g/mol. The lowest BCUT2D eigenvalue weighted by Gasteiger charge is -2.06. The van der Waals surface area contributed by atoms with Crippen LogP contribution < -0.4 is 0 Å². The Morgan fingerprint density at radius 1 is 1.17 bits per heavy atom. The second-order valence-corrected chi connectivity index (χ2v) is 4.32. The molecule has 0 saturated heterocycles. The van der Waals surface area contributed by atoms with E-state index in [-0.39, 0.29) is 11.3 Å². The van der Waals surface area contributed by atoms with Crippen LogP contribution in [0.15, 0.2) is 42.5 Å². The molecule has 0 bridgehead atoms. The molecule has 1 nitrogen and oxygen atoms in total. The highest BCUT2D eigenvalue weighted by Gasteiger charge is 2.15. The smallest absolute Gasteiger partial charge is 0.195 e. The molecule has 0 aliphatic heterocycles. The van der Waals surface area contributed by atoms with Gasteiger partial charge in [0.05, 0.1) is 5.56 Å². The summed E-state index contributed by atoms with van der Waals surface area (Å²) >= 11 is 0. The second-order valence-electron chi connectivity index (χ2n) is 4.32. The van der Waals surface area contributed by atoms with Crippen molar-refractivity contribution in [3.8, 4) is 0 Å². The summed E-state index contributed by atoms with van der Waals surface area (Å²) in [6.45, 7) is 3.69. The summed E-state index contributed by atoms with van der Waals surface area (Å²) in [4.78, 5) is 12.2. The molecule has 0 N–H and O–H groups in total. The van der Waals surface area contributed by atoms with Gasteiger partial charge in [-0.3, -0.25) is 4.79 Å². The molecule has 0 aromatic heterocycles. The molecule has 2 rings (SSSR count). The monoisotopic (exact) mass is 242 g/mol. The molecule has 0 aliphatic rings. The third kappa shape index (κ3) is 2.33. The Bertz CT molecular complexity index is 587. The SMILES string of the molecule is CCc1cccc(C(=O)c2cccc(C)c2F)c1. The van der Waals surface area contributed by atoms with Crippen molar-refractivity contribution in [1.82, 2.24) is 0 Å². The highest BCUT2D eigenvalue weighted by Crippen LogP contribution is 2.17. The predicted molar refractivity (Wildman–Crippen MR) is 70.4 cm³/mol. The van der Waals surface area contributed by atoms with Gasteiger partial charge in [-0.05, 0) is 36.6 Å². The van der Waals surface area contributed by atoms with Gasteiger partial charge >= 0.3 is 0 Å². The number of hydrogen-bond acceptors (Lipinski definition) is 1. The van der Waals surface area contributed by atoms with Gasteiger partial charge in [0, 0.05) is 5.56 Å². The lowest BCUT2D eigenvalue weighted by Crippen LogP contribution is -2.05. The summed E-state index contributed by atoms with van der Waals surface area (Å²) < 4.78 is 13.9. The van der Waals surface area contributed by atoms with Gasteiger partial charge in [0.1, 0.15) is 5.82 Å². The van der Waals surface area contributed by atoms with Crippen LogP contribution in [0.3, 0.4) is 0 Å². The van der Waals surface area contributed by atoms with Crippen molar-refractivity contribution >= 4 is 5.78 Å². The summed E-state index contributed by atoms with van der Waals surface area (Å²) in [5.41, 5.74) is 2.25. The van der Waals surface area contributed by atoms with E-state index in [0.29, 0.717) is 11.1 Å². The number of halogens is 1. The van der Waals surface area contributed by atoms with Crippen molar-refractivity contribution in [2.75, 3.05) is 0 Å².